The normalized spacial score (nSPS) is 13.3. The quantitative estimate of drug-likeness (QED) is 0.716. The summed E-state index contributed by atoms with van der Waals surface area (Å²) in [6.07, 6.45) is 0.886. The summed E-state index contributed by atoms with van der Waals surface area (Å²) in [7, 11) is 0. The van der Waals surface area contributed by atoms with Crippen molar-refractivity contribution in [2.75, 3.05) is 5.73 Å². The largest absolute Gasteiger partial charge is 0.368 e. The Labute approximate surface area is 154 Å². The van der Waals surface area contributed by atoms with Crippen LogP contribution in [0, 0.1) is 0 Å². The van der Waals surface area contributed by atoms with Gasteiger partial charge in [0, 0.05) is 22.9 Å². The predicted molar refractivity (Wildman–Crippen MR) is 101 cm³/mol. The Morgan fingerprint density at radius 1 is 1.16 bits per heavy atom. The summed E-state index contributed by atoms with van der Waals surface area (Å²) in [5.74, 6) is 0.0132. The Balaban J connectivity index is 1.75. The lowest BCUT2D eigenvalue weighted by Gasteiger charge is -2.16. The van der Waals surface area contributed by atoms with Crippen molar-refractivity contribution in [2.45, 2.75) is 26.4 Å². The fourth-order valence-electron chi connectivity index (χ4n) is 3.23. The maximum Gasteiger partial charge on any atom is 0.273 e. The van der Waals surface area contributed by atoms with Crippen LogP contribution in [0.2, 0.25) is 0 Å². The monoisotopic (exact) mass is 396 g/mol. The molecule has 0 unspecified atom stereocenters. The molecule has 0 spiro atoms. The molecule has 0 aliphatic carbocycles. The van der Waals surface area contributed by atoms with Crippen LogP contribution < -0.4 is 5.73 Å². The topological polar surface area (TPSA) is 72.1 Å². The molecule has 0 fully saturated rings. The number of rotatable bonds is 2. The molecule has 126 valence electrons. The zero-order chi connectivity index (χ0) is 17.6. The molecule has 6 heteroatoms. The van der Waals surface area contributed by atoms with Crippen molar-refractivity contribution in [3.8, 4) is 0 Å². The molecular formula is C19H17BrN4O. The SMILES string of the molecule is CCc1ccc2nc(N)nc(C(=O)N3Cc4ccc(Br)cc4C3)c2c1. The third-order valence-electron chi connectivity index (χ3n) is 4.57. The molecule has 25 heavy (non-hydrogen) atoms. The Morgan fingerprint density at radius 3 is 2.76 bits per heavy atom. The van der Waals surface area contributed by atoms with E-state index in [0.717, 1.165) is 33.0 Å². The van der Waals surface area contributed by atoms with Gasteiger partial charge in [-0.2, -0.15) is 0 Å². The molecule has 0 saturated heterocycles. The molecule has 5 nitrogen and oxygen atoms in total. The summed E-state index contributed by atoms with van der Waals surface area (Å²) in [5, 5.41) is 0.760. The van der Waals surface area contributed by atoms with Crippen molar-refractivity contribution >= 4 is 38.7 Å². The second-order valence-electron chi connectivity index (χ2n) is 6.21. The maximum atomic E-state index is 13.1. The van der Waals surface area contributed by atoms with Crippen molar-refractivity contribution in [1.82, 2.24) is 14.9 Å². The van der Waals surface area contributed by atoms with Gasteiger partial charge in [0.15, 0.2) is 0 Å². The van der Waals surface area contributed by atoms with Gasteiger partial charge in [0.1, 0.15) is 5.69 Å². The molecule has 1 aliphatic heterocycles. The lowest BCUT2D eigenvalue weighted by molar-refractivity contribution is 0.0747. The highest BCUT2D eigenvalue weighted by Gasteiger charge is 2.27. The van der Waals surface area contributed by atoms with E-state index < -0.39 is 0 Å². The molecule has 2 N–H and O–H groups in total. The summed E-state index contributed by atoms with van der Waals surface area (Å²) < 4.78 is 1.02. The molecule has 0 atom stereocenters. The lowest BCUT2D eigenvalue weighted by atomic mass is 10.1. The molecular weight excluding hydrogens is 380 g/mol. The van der Waals surface area contributed by atoms with Gasteiger partial charge in [-0.15, -0.1) is 0 Å². The molecule has 1 amide bonds. The van der Waals surface area contributed by atoms with Gasteiger partial charge in [0.05, 0.1) is 5.52 Å². The van der Waals surface area contributed by atoms with E-state index in [1.807, 2.05) is 30.3 Å². The van der Waals surface area contributed by atoms with E-state index >= 15 is 0 Å². The van der Waals surface area contributed by atoms with Gasteiger partial charge in [-0.1, -0.05) is 35.0 Å². The predicted octanol–water partition coefficient (Wildman–Crippen LogP) is 3.69. The third kappa shape index (κ3) is 2.87. The number of nitrogens with zero attached hydrogens (tertiary/aromatic N) is 3. The number of hydrogen-bond acceptors (Lipinski definition) is 4. The number of nitrogen functional groups attached to an aromatic ring is 1. The van der Waals surface area contributed by atoms with Crippen LogP contribution in [0.15, 0.2) is 40.9 Å². The lowest BCUT2D eigenvalue weighted by Crippen LogP contribution is -2.27. The number of amides is 1. The molecule has 0 bridgehead atoms. The van der Waals surface area contributed by atoms with E-state index in [1.54, 1.807) is 4.90 Å². The fraction of sp³-hybridized carbons (Fsp3) is 0.211. The number of anilines is 1. The molecule has 1 aromatic heterocycles. The summed E-state index contributed by atoms with van der Waals surface area (Å²) in [4.78, 5) is 23.5. The third-order valence-corrected chi connectivity index (χ3v) is 5.06. The smallest absolute Gasteiger partial charge is 0.273 e. The van der Waals surface area contributed by atoms with Crippen LogP contribution in [-0.2, 0) is 19.5 Å². The van der Waals surface area contributed by atoms with Gasteiger partial charge in [-0.25, -0.2) is 9.97 Å². The highest BCUT2D eigenvalue weighted by Crippen LogP contribution is 2.28. The van der Waals surface area contributed by atoms with Crippen LogP contribution in [0.25, 0.3) is 10.9 Å². The van der Waals surface area contributed by atoms with E-state index in [1.165, 1.54) is 0 Å². The minimum absolute atomic E-state index is 0.111. The van der Waals surface area contributed by atoms with Crippen LogP contribution >= 0.6 is 15.9 Å². The van der Waals surface area contributed by atoms with E-state index in [-0.39, 0.29) is 11.9 Å². The van der Waals surface area contributed by atoms with E-state index in [9.17, 15) is 4.79 Å². The Kier molecular flexibility index (Phi) is 3.92. The number of fused-ring (bicyclic) bond motifs is 2. The highest BCUT2D eigenvalue weighted by molar-refractivity contribution is 9.10. The first-order chi connectivity index (χ1) is 12.0. The zero-order valence-corrected chi connectivity index (χ0v) is 15.4. The molecule has 2 heterocycles. The van der Waals surface area contributed by atoms with Gasteiger partial charge >= 0.3 is 0 Å². The van der Waals surface area contributed by atoms with Crippen molar-refractivity contribution in [3.05, 3.63) is 63.3 Å². The number of carbonyl (C=O) groups excluding carboxylic acids is 1. The van der Waals surface area contributed by atoms with Gasteiger partial charge in [-0.3, -0.25) is 4.79 Å². The number of hydrogen-bond donors (Lipinski definition) is 1. The van der Waals surface area contributed by atoms with Crippen LogP contribution in [-0.4, -0.2) is 20.8 Å². The minimum atomic E-state index is -0.111. The molecule has 0 saturated carbocycles. The highest BCUT2D eigenvalue weighted by atomic mass is 79.9. The van der Waals surface area contributed by atoms with Crippen LogP contribution in [0.4, 0.5) is 5.95 Å². The summed E-state index contributed by atoms with van der Waals surface area (Å²) in [6.45, 7) is 3.24. The first-order valence-corrected chi connectivity index (χ1v) is 8.97. The van der Waals surface area contributed by atoms with E-state index in [4.69, 9.17) is 5.73 Å². The average molecular weight is 397 g/mol. The summed E-state index contributed by atoms with van der Waals surface area (Å²) >= 11 is 3.48. The van der Waals surface area contributed by atoms with Crippen molar-refractivity contribution in [2.24, 2.45) is 0 Å². The minimum Gasteiger partial charge on any atom is -0.368 e. The Bertz CT molecular complexity index is 1000. The second kappa shape index (κ2) is 6.11. The average Bonchev–Trinajstić information content (AvgIpc) is 3.03. The number of halogens is 1. The van der Waals surface area contributed by atoms with Gasteiger partial charge in [-0.05, 0) is 47.4 Å². The van der Waals surface area contributed by atoms with E-state index in [0.29, 0.717) is 24.3 Å². The van der Waals surface area contributed by atoms with Gasteiger partial charge in [0.2, 0.25) is 5.95 Å². The van der Waals surface area contributed by atoms with E-state index in [2.05, 4.69) is 38.9 Å². The van der Waals surface area contributed by atoms with Crippen molar-refractivity contribution in [1.29, 1.82) is 0 Å². The first kappa shape index (κ1) is 16.0. The van der Waals surface area contributed by atoms with Crippen molar-refractivity contribution < 1.29 is 4.79 Å². The standard InChI is InChI=1S/C19H17BrN4O/c1-2-11-3-6-16-15(7-11)17(23-19(21)22-16)18(25)24-9-12-4-5-14(20)8-13(12)10-24/h3-8H,2,9-10H2,1H3,(H2,21,22,23). The Hall–Kier alpha value is -2.47. The first-order valence-electron chi connectivity index (χ1n) is 8.18. The molecule has 1 aliphatic rings. The fourth-order valence-corrected chi connectivity index (χ4v) is 3.64. The maximum absolute atomic E-state index is 13.1. The number of benzene rings is 2. The number of aromatic nitrogens is 2. The molecule has 2 aromatic carbocycles. The zero-order valence-electron chi connectivity index (χ0n) is 13.8. The van der Waals surface area contributed by atoms with Crippen LogP contribution in [0.3, 0.4) is 0 Å². The van der Waals surface area contributed by atoms with Crippen LogP contribution in [0.1, 0.15) is 34.1 Å². The van der Waals surface area contributed by atoms with Crippen LogP contribution in [0.5, 0.6) is 0 Å². The molecule has 3 aromatic rings. The number of nitrogens with two attached hydrogens (primary N) is 1. The summed E-state index contributed by atoms with van der Waals surface area (Å²) in [6, 6.07) is 12.0. The van der Waals surface area contributed by atoms with Gasteiger partial charge < -0.3 is 10.6 Å². The number of aryl methyl sites for hydroxylation is 1. The molecule has 4 rings (SSSR count). The number of carbonyl (C=O) groups is 1. The molecule has 0 radical (unpaired) electrons. The van der Waals surface area contributed by atoms with Gasteiger partial charge in [0.25, 0.3) is 5.91 Å². The Morgan fingerprint density at radius 2 is 1.96 bits per heavy atom. The second-order valence-corrected chi connectivity index (χ2v) is 7.13. The summed E-state index contributed by atoms with van der Waals surface area (Å²) in [5.41, 5.74) is 10.4. The van der Waals surface area contributed by atoms with Crippen molar-refractivity contribution in [3.63, 3.8) is 0 Å².